The lowest BCUT2D eigenvalue weighted by Crippen LogP contribution is -2.08. The highest BCUT2D eigenvalue weighted by Crippen LogP contribution is 2.25. The third kappa shape index (κ3) is 3.98. The molecule has 0 spiro atoms. The highest BCUT2D eigenvalue weighted by atomic mass is 19.1. The minimum absolute atomic E-state index is 0.232. The number of nitrogens with zero attached hydrogens (tertiary/aromatic N) is 4. The average Bonchev–Trinajstić information content (AvgIpc) is 3.39. The number of halogens is 1. The molecule has 0 fully saturated rings. The van der Waals surface area contributed by atoms with Crippen molar-refractivity contribution in [2.24, 2.45) is 0 Å². The summed E-state index contributed by atoms with van der Waals surface area (Å²) in [6.07, 6.45) is 4.69. The Balaban J connectivity index is 1.85. The molecule has 29 heavy (non-hydrogen) atoms. The van der Waals surface area contributed by atoms with Gasteiger partial charge in [0.1, 0.15) is 17.2 Å². The summed E-state index contributed by atoms with van der Waals surface area (Å²) < 4.78 is 20.1. The molecular formula is C20H17FN6O2. The minimum Gasteiger partial charge on any atom is -0.463 e. The number of ether oxygens (including phenoxy) is 1. The number of benzene rings is 1. The maximum Gasteiger partial charge on any atom is 0.331 e. The van der Waals surface area contributed by atoms with Gasteiger partial charge >= 0.3 is 5.97 Å². The van der Waals surface area contributed by atoms with Gasteiger partial charge in [0.25, 0.3) is 0 Å². The van der Waals surface area contributed by atoms with E-state index in [1.807, 2.05) is 12.1 Å². The Morgan fingerprint density at radius 2 is 2.10 bits per heavy atom. The zero-order chi connectivity index (χ0) is 20.2. The molecular weight excluding hydrogens is 375 g/mol. The Labute approximate surface area is 165 Å². The van der Waals surface area contributed by atoms with Crippen LogP contribution < -0.4 is 5.32 Å². The Morgan fingerprint density at radius 1 is 1.28 bits per heavy atom. The SMILES string of the molecule is CCOC(=O)C=C(c1ccc(F)cc1)c1nc(Nc2ccn[nH]2)c2cccn2n1. The van der Waals surface area contributed by atoms with Crippen molar-refractivity contribution in [1.29, 1.82) is 0 Å². The van der Waals surface area contributed by atoms with Crippen LogP contribution in [0.4, 0.5) is 16.0 Å². The number of hydrogen-bond acceptors (Lipinski definition) is 6. The summed E-state index contributed by atoms with van der Waals surface area (Å²) in [5.41, 5.74) is 1.73. The molecule has 0 aliphatic carbocycles. The fourth-order valence-electron chi connectivity index (χ4n) is 2.80. The van der Waals surface area contributed by atoms with Crippen molar-refractivity contribution >= 4 is 28.7 Å². The standard InChI is InChI=1S/C20H17FN6O2/c1-2-29-18(28)12-15(13-5-7-14(21)8-6-13)19-24-20(23-17-9-10-22-25-17)16-4-3-11-27(16)26-19/h3-12H,2H2,1H3,(H2,22,23,24,25,26). The van der Waals surface area contributed by atoms with Crippen LogP contribution in [0, 0.1) is 5.82 Å². The van der Waals surface area contributed by atoms with Gasteiger partial charge in [-0.3, -0.25) is 5.10 Å². The number of carbonyl (C=O) groups is 1. The Bertz CT molecular complexity index is 1170. The van der Waals surface area contributed by atoms with Gasteiger partial charge < -0.3 is 10.1 Å². The highest BCUT2D eigenvalue weighted by Gasteiger charge is 2.16. The Kier molecular flexibility index (Phi) is 5.02. The predicted molar refractivity (Wildman–Crippen MR) is 105 cm³/mol. The Morgan fingerprint density at radius 3 is 2.83 bits per heavy atom. The summed E-state index contributed by atoms with van der Waals surface area (Å²) in [5, 5.41) is 14.4. The van der Waals surface area contributed by atoms with Crippen molar-refractivity contribution < 1.29 is 13.9 Å². The molecule has 0 amide bonds. The van der Waals surface area contributed by atoms with Crippen molar-refractivity contribution in [3.63, 3.8) is 0 Å². The number of fused-ring (bicyclic) bond motifs is 1. The van der Waals surface area contributed by atoms with Crippen molar-refractivity contribution in [2.45, 2.75) is 6.92 Å². The summed E-state index contributed by atoms with van der Waals surface area (Å²) in [5.74, 6) is 0.519. The van der Waals surface area contributed by atoms with Gasteiger partial charge in [0.15, 0.2) is 11.6 Å². The molecule has 9 heteroatoms. The van der Waals surface area contributed by atoms with E-state index in [9.17, 15) is 9.18 Å². The summed E-state index contributed by atoms with van der Waals surface area (Å²) in [6.45, 7) is 1.95. The second-order valence-corrected chi connectivity index (χ2v) is 6.03. The average molecular weight is 392 g/mol. The molecule has 0 saturated carbocycles. The van der Waals surface area contributed by atoms with Crippen molar-refractivity contribution in [1.82, 2.24) is 24.8 Å². The van der Waals surface area contributed by atoms with Crippen LogP contribution in [0.2, 0.25) is 0 Å². The summed E-state index contributed by atoms with van der Waals surface area (Å²) in [6, 6.07) is 11.2. The number of rotatable bonds is 6. The molecule has 0 bridgehead atoms. The van der Waals surface area contributed by atoms with E-state index in [1.54, 1.807) is 42.0 Å². The van der Waals surface area contributed by atoms with Gasteiger partial charge in [-0.05, 0) is 36.8 Å². The molecule has 4 rings (SSSR count). The number of carbonyl (C=O) groups excluding carboxylic acids is 1. The third-order valence-corrected chi connectivity index (χ3v) is 4.09. The largest absolute Gasteiger partial charge is 0.463 e. The predicted octanol–water partition coefficient (Wildman–Crippen LogP) is 3.33. The molecule has 146 valence electrons. The minimum atomic E-state index is -0.536. The molecule has 0 radical (unpaired) electrons. The van der Waals surface area contributed by atoms with E-state index in [2.05, 4.69) is 25.6 Å². The maximum absolute atomic E-state index is 13.4. The second kappa shape index (κ2) is 7.93. The van der Waals surface area contributed by atoms with E-state index in [0.29, 0.717) is 22.8 Å². The van der Waals surface area contributed by atoms with Crippen molar-refractivity contribution in [2.75, 3.05) is 11.9 Å². The van der Waals surface area contributed by atoms with Crippen molar-refractivity contribution in [3.8, 4) is 0 Å². The van der Waals surface area contributed by atoms with Gasteiger partial charge in [0.2, 0.25) is 0 Å². The van der Waals surface area contributed by atoms with E-state index in [4.69, 9.17) is 4.74 Å². The fourth-order valence-corrected chi connectivity index (χ4v) is 2.80. The van der Waals surface area contributed by atoms with Crippen LogP contribution in [0.1, 0.15) is 18.3 Å². The molecule has 0 atom stereocenters. The quantitative estimate of drug-likeness (QED) is 0.386. The first-order valence-corrected chi connectivity index (χ1v) is 8.90. The summed E-state index contributed by atoms with van der Waals surface area (Å²) >= 11 is 0. The third-order valence-electron chi connectivity index (χ3n) is 4.09. The van der Waals surface area contributed by atoms with E-state index in [1.165, 1.54) is 18.2 Å². The Hall–Kier alpha value is -4.01. The molecule has 0 aliphatic rings. The number of esters is 1. The van der Waals surface area contributed by atoms with Crippen LogP contribution in [-0.2, 0) is 9.53 Å². The number of aromatic nitrogens is 5. The smallest absolute Gasteiger partial charge is 0.331 e. The maximum atomic E-state index is 13.4. The van der Waals surface area contributed by atoms with Crippen LogP contribution in [0.3, 0.4) is 0 Å². The zero-order valence-corrected chi connectivity index (χ0v) is 15.5. The van der Waals surface area contributed by atoms with Gasteiger partial charge in [-0.2, -0.15) is 5.10 Å². The lowest BCUT2D eigenvalue weighted by atomic mass is 10.0. The second-order valence-electron chi connectivity index (χ2n) is 6.03. The monoisotopic (exact) mass is 392 g/mol. The van der Waals surface area contributed by atoms with E-state index < -0.39 is 5.97 Å². The molecule has 1 aromatic carbocycles. The number of aromatic amines is 1. The van der Waals surface area contributed by atoms with Crippen LogP contribution in [0.15, 0.2) is 60.9 Å². The molecule has 0 saturated heterocycles. The highest BCUT2D eigenvalue weighted by molar-refractivity contribution is 5.95. The number of nitrogens with one attached hydrogen (secondary N) is 2. The van der Waals surface area contributed by atoms with Gasteiger partial charge in [-0.15, -0.1) is 5.10 Å². The molecule has 8 nitrogen and oxygen atoms in total. The zero-order valence-electron chi connectivity index (χ0n) is 15.5. The van der Waals surface area contributed by atoms with Crippen molar-refractivity contribution in [3.05, 3.63) is 78.1 Å². The van der Waals surface area contributed by atoms with Gasteiger partial charge in [0, 0.05) is 23.9 Å². The summed E-state index contributed by atoms with van der Waals surface area (Å²) in [7, 11) is 0. The molecule has 0 unspecified atom stereocenters. The van der Waals surface area contributed by atoms with E-state index in [-0.39, 0.29) is 18.2 Å². The summed E-state index contributed by atoms with van der Waals surface area (Å²) in [4.78, 5) is 16.8. The number of anilines is 2. The lowest BCUT2D eigenvalue weighted by Gasteiger charge is -2.11. The van der Waals surface area contributed by atoms with Gasteiger partial charge in [0.05, 0.1) is 12.8 Å². The lowest BCUT2D eigenvalue weighted by molar-refractivity contribution is -0.137. The van der Waals surface area contributed by atoms with Crippen LogP contribution in [0.25, 0.3) is 11.1 Å². The first kappa shape index (κ1) is 18.4. The van der Waals surface area contributed by atoms with Crippen LogP contribution in [-0.4, -0.2) is 37.4 Å². The van der Waals surface area contributed by atoms with Crippen LogP contribution in [0.5, 0.6) is 0 Å². The molecule has 4 aromatic rings. The molecule has 3 aromatic heterocycles. The number of H-pyrrole nitrogens is 1. The number of hydrogen-bond donors (Lipinski definition) is 2. The van der Waals surface area contributed by atoms with Gasteiger partial charge in [-0.25, -0.2) is 18.7 Å². The fraction of sp³-hybridized carbons (Fsp3) is 0.100. The molecule has 0 aliphatic heterocycles. The first-order valence-electron chi connectivity index (χ1n) is 8.90. The van der Waals surface area contributed by atoms with E-state index in [0.717, 1.165) is 5.52 Å². The van der Waals surface area contributed by atoms with Gasteiger partial charge in [-0.1, -0.05) is 12.1 Å². The normalized spacial score (nSPS) is 11.6. The first-order chi connectivity index (χ1) is 14.1. The van der Waals surface area contributed by atoms with E-state index >= 15 is 0 Å². The van der Waals surface area contributed by atoms with Crippen LogP contribution >= 0.6 is 0 Å². The topological polar surface area (TPSA) is 97.2 Å². The molecule has 2 N–H and O–H groups in total. The molecule has 3 heterocycles.